The van der Waals surface area contributed by atoms with E-state index in [2.05, 4.69) is 0 Å². The molecule has 1 heterocycles. The van der Waals surface area contributed by atoms with Gasteiger partial charge >= 0.3 is 0 Å². The highest BCUT2D eigenvalue weighted by atomic mass is 35.5. The Morgan fingerprint density at radius 2 is 2.00 bits per heavy atom. The molecule has 0 aliphatic heterocycles. The number of rotatable bonds is 3. The molecular weight excluding hydrogens is 277 g/mol. The van der Waals surface area contributed by atoms with Crippen LogP contribution in [0.1, 0.15) is 5.56 Å². The van der Waals surface area contributed by atoms with E-state index in [9.17, 15) is 4.39 Å². The molecule has 0 N–H and O–H groups in total. The van der Waals surface area contributed by atoms with Crippen LogP contribution in [0.15, 0.2) is 48.7 Å². The lowest BCUT2D eigenvalue weighted by molar-refractivity contribution is 0.291. The molecule has 0 fully saturated rings. The van der Waals surface area contributed by atoms with E-state index in [-0.39, 0.29) is 11.6 Å². The molecule has 0 aliphatic rings. The molecule has 102 valence electrons. The highest BCUT2D eigenvalue weighted by Crippen LogP contribution is 2.26. The van der Waals surface area contributed by atoms with Crippen LogP contribution in [-0.4, -0.2) is 4.57 Å². The van der Waals surface area contributed by atoms with Gasteiger partial charge in [-0.3, -0.25) is 0 Å². The third kappa shape index (κ3) is 2.37. The summed E-state index contributed by atoms with van der Waals surface area (Å²) in [7, 11) is 1.96. The van der Waals surface area contributed by atoms with E-state index in [1.54, 1.807) is 18.2 Å². The first-order valence-electron chi connectivity index (χ1n) is 6.26. The van der Waals surface area contributed by atoms with Gasteiger partial charge in [-0.1, -0.05) is 23.7 Å². The van der Waals surface area contributed by atoms with Gasteiger partial charge in [0, 0.05) is 34.7 Å². The molecule has 0 radical (unpaired) electrons. The van der Waals surface area contributed by atoms with Crippen LogP contribution in [-0.2, 0) is 13.7 Å². The summed E-state index contributed by atoms with van der Waals surface area (Å²) in [5.74, 6) is -0.0997. The minimum absolute atomic E-state index is 0.256. The normalized spacial score (nSPS) is 10.9. The molecule has 0 saturated heterocycles. The number of halogens is 2. The van der Waals surface area contributed by atoms with Gasteiger partial charge in [0.15, 0.2) is 11.6 Å². The van der Waals surface area contributed by atoms with Crippen LogP contribution in [0.4, 0.5) is 4.39 Å². The fourth-order valence-electron chi connectivity index (χ4n) is 2.28. The molecule has 20 heavy (non-hydrogen) atoms. The van der Waals surface area contributed by atoms with E-state index >= 15 is 0 Å². The van der Waals surface area contributed by atoms with Gasteiger partial charge in [-0.2, -0.15) is 0 Å². The standard InChI is InChI=1S/C16H13ClFNO/c1-19-9-11(13-8-12(17)6-7-15(13)19)10-20-16-5-3-2-4-14(16)18/h2-9H,10H2,1H3. The first kappa shape index (κ1) is 13.0. The van der Waals surface area contributed by atoms with Crippen molar-refractivity contribution >= 4 is 22.5 Å². The molecule has 0 spiro atoms. The quantitative estimate of drug-likeness (QED) is 0.690. The predicted octanol–water partition coefficient (Wildman–Crippen LogP) is 4.55. The predicted molar refractivity (Wildman–Crippen MR) is 78.7 cm³/mol. The molecule has 3 rings (SSSR count). The van der Waals surface area contributed by atoms with Crippen molar-refractivity contribution in [2.45, 2.75) is 6.61 Å². The van der Waals surface area contributed by atoms with Gasteiger partial charge in [-0.05, 0) is 30.3 Å². The maximum Gasteiger partial charge on any atom is 0.165 e. The van der Waals surface area contributed by atoms with E-state index in [1.165, 1.54) is 6.07 Å². The molecule has 0 atom stereocenters. The molecule has 4 heteroatoms. The maximum atomic E-state index is 13.5. The monoisotopic (exact) mass is 289 g/mol. The Labute approximate surface area is 121 Å². The number of nitrogens with zero attached hydrogens (tertiary/aromatic N) is 1. The summed E-state index contributed by atoms with van der Waals surface area (Å²) in [6.45, 7) is 0.304. The van der Waals surface area contributed by atoms with Gasteiger partial charge in [0.05, 0.1) is 0 Å². The molecule has 2 nitrogen and oxygen atoms in total. The lowest BCUT2D eigenvalue weighted by Gasteiger charge is -2.06. The Hall–Kier alpha value is -2.00. The van der Waals surface area contributed by atoms with Crippen LogP contribution in [0.3, 0.4) is 0 Å². The first-order valence-corrected chi connectivity index (χ1v) is 6.64. The van der Waals surface area contributed by atoms with E-state index in [1.807, 2.05) is 36.0 Å². The van der Waals surface area contributed by atoms with Crippen LogP contribution in [0, 0.1) is 5.82 Å². The highest BCUT2D eigenvalue weighted by Gasteiger charge is 2.09. The highest BCUT2D eigenvalue weighted by molar-refractivity contribution is 6.31. The van der Waals surface area contributed by atoms with E-state index in [0.717, 1.165) is 16.5 Å². The summed E-state index contributed by atoms with van der Waals surface area (Å²) in [5, 5.41) is 1.70. The van der Waals surface area contributed by atoms with Gasteiger partial charge in [0.2, 0.25) is 0 Å². The van der Waals surface area contributed by atoms with Gasteiger partial charge in [0.25, 0.3) is 0 Å². The molecule has 0 saturated carbocycles. The topological polar surface area (TPSA) is 14.2 Å². The van der Waals surface area contributed by atoms with Crippen molar-refractivity contribution in [1.29, 1.82) is 0 Å². The molecule has 0 aliphatic carbocycles. The zero-order chi connectivity index (χ0) is 14.1. The molecule has 3 aromatic rings. The third-order valence-electron chi connectivity index (χ3n) is 3.25. The summed E-state index contributed by atoms with van der Waals surface area (Å²) >= 11 is 6.03. The van der Waals surface area contributed by atoms with Gasteiger partial charge in [-0.15, -0.1) is 0 Å². The van der Waals surface area contributed by atoms with Crippen LogP contribution in [0.2, 0.25) is 5.02 Å². The van der Waals surface area contributed by atoms with Gasteiger partial charge < -0.3 is 9.30 Å². The average Bonchev–Trinajstić information content (AvgIpc) is 2.74. The first-order chi connectivity index (χ1) is 9.65. The number of aromatic nitrogens is 1. The zero-order valence-corrected chi connectivity index (χ0v) is 11.7. The second-order valence-electron chi connectivity index (χ2n) is 4.65. The number of ether oxygens (including phenoxy) is 1. The molecule has 2 aromatic carbocycles. The van der Waals surface area contributed by atoms with Crippen LogP contribution in [0.25, 0.3) is 10.9 Å². The van der Waals surface area contributed by atoms with Crippen LogP contribution >= 0.6 is 11.6 Å². The number of benzene rings is 2. The number of aryl methyl sites for hydroxylation is 1. The van der Waals surface area contributed by atoms with E-state index in [0.29, 0.717) is 11.6 Å². The minimum Gasteiger partial charge on any atom is -0.486 e. The molecular formula is C16H13ClFNO. The van der Waals surface area contributed by atoms with Crippen molar-refractivity contribution in [2.24, 2.45) is 7.05 Å². The summed E-state index contributed by atoms with van der Waals surface area (Å²) in [5.41, 5.74) is 2.05. The Bertz CT molecular complexity index is 766. The van der Waals surface area contributed by atoms with Gasteiger partial charge in [0.1, 0.15) is 6.61 Å². The average molecular weight is 290 g/mol. The van der Waals surface area contributed by atoms with Gasteiger partial charge in [-0.25, -0.2) is 4.39 Å². The van der Waals surface area contributed by atoms with Crippen LogP contribution in [0.5, 0.6) is 5.75 Å². The Kier molecular flexibility index (Phi) is 3.36. The fourth-order valence-corrected chi connectivity index (χ4v) is 2.45. The van der Waals surface area contributed by atoms with Crippen molar-refractivity contribution in [3.8, 4) is 5.75 Å². The lowest BCUT2D eigenvalue weighted by Crippen LogP contribution is -1.96. The molecule has 1 aromatic heterocycles. The fraction of sp³-hybridized carbons (Fsp3) is 0.125. The second kappa shape index (κ2) is 5.17. The number of fused-ring (bicyclic) bond motifs is 1. The van der Waals surface area contributed by atoms with Crippen molar-refractivity contribution in [3.05, 3.63) is 65.1 Å². The zero-order valence-electron chi connectivity index (χ0n) is 10.9. The minimum atomic E-state index is -0.356. The summed E-state index contributed by atoms with van der Waals surface area (Å²) in [6, 6.07) is 12.1. The SMILES string of the molecule is Cn1cc(COc2ccccc2F)c2cc(Cl)ccc21. The third-order valence-corrected chi connectivity index (χ3v) is 3.49. The largest absolute Gasteiger partial charge is 0.486 e. The Balaban J connectivity index is 1.92. The molecule has 0 amide bonds. The lowest BCUT2D eigenvalue weighted by atomic mass is 10.2. The van der Waals surface area contributed by atoms with Crippen molar-refractivity contribution in [1.82, 2.24) is 4.57 Å². The Morgan fingerprint density at radius 3 is 2.80 bits per heavy atom. The maximum absolute atomic E-state index is 13.5. The Morgan fingerprint density at radius 1 is 1.20 bits per heavy atom. The molecule has 0 unspecified atom stereocenters. The number of para-hydroxylation sites is 1. The van der Waals surface area contributed by atoms with Crippen molar-refractivity contribution < 1.29 is 9.13 Å². The summed E-state index contributed by atoms with van der Waals surface area (Å²) < 4.78 is 21.1. The number of hydrogen-bond acceptors (Lipinski definition) is 1. The summed E-state index contributed by atoms with van der Waals surface area (Å²) in [4.78, 5) is 0. The van der Waals surface area contributed by atoms with E-state index < -0.39 is 0 Å². The summed E-state index contributed by atoms with van der Waals surface area (Å²) in [6.07, 6.45) is 1.97. The van der Waals surface area contributed by atoms with E-state index in [4.69, 9.17) is 16.3 Å². The second-order valence-corrected chi connectivity index (χ2v) is 5.08. The molecule has 0 bridgehead atoms. The van der Waals surface area contributed by atoms with Crippen molar-refractivity contribution in [2.75, 3.05) is 0 Å². The smallest absolute Gasteiger partial charge is 0.165 e. The number of hydrogen-bond donors (Lipinski definition) is 0. The van der Waals surface area contributed by atoms with Crippen LogP contribution < -0.4 is 4.74 Å². The van der Waals surface area contributed by atoms with Crippen molar-refractivity contribution in [3.63, 3.8) is 0 Å².